The number of nitrogens with zero attached hydrogens (tertiary/aromatic N) is 5. The summed E-state index contributed by atoms with van der Waals surface area (Å²) in [4.78, 5) is 71.1. The van der Waals surface area contributed by atoms with E-state index in [1.54, 1.807) is 6.20 Å². The summed E-state index contributed by atoms with van der Waals surface area (Å²) in [5, 5.41) is 5.74. The van der Waals surface area contributed by atoms with Crippen molar-refractivity contribution >= 4 is 35.3 Å². The fourth-order valence-corrected chi connectivity index (χ4v) is 8.75. The van der Waals surface area contributed by atoms with Gasteiger partial charge in [0, 0.05) is 61.3 Å². The van der Waals surface area contributed by atoms with Gasteiger partial charge in [0.25, 0.3) is 5.91 Å². The molecule has 3 N–H and O–H groups in total. The molecule has 4 aromatic rings. The molecule has 5 atom stereocenters. The Bertz CT molecular complexity index is 2230. The van der Waals surface area contributed by atoms with Gasteiger partial charge in [-0.3, -0.25) is 14.4 Å². The number of anilines is 2. The maximum absolute atomic E-state index is 13.6. The molecular formula is C46H58N8O5. The predicted molar refractivity (Wildman–Crippen MR) is 229 cm³/mol. The molecule has 1 saturated carbocycles. The minimum atomic E-state index is -0.693. The lowest BCUT2D eigenvalue weighted by Crippen LogP contribution is -2.59. The molecule has 2 aromatic carbocycles. The zero-order chi connectivity index (χ0) is 42.3. The first kappa shape index (κ1) is 41.4. The highest BCUT2D eigenvalue weighted by Crippen LogP contribution is 2.53. The fourth-order valence-electron chi connectivity index (χ4n) is 8.75. The van der Waals surface area contributed by atoms with Crippen molar-refractivity contribution in [2.45, 2.75) is 98.8 Å². The van der Waals surface area contributed by atoms with Gasteiger partial charge in [-0.1, -0.05) is 45.9 Å². The normalized spacial score (nSPS) is 21.6. The molecule has 7 rings (SSSR count). The van der Waals surface area contributed by atoms with Crippen molar-refractivity contribution in [2.75, 3.05) is 37.0 Å². The van der Waals surface area contributed by atoms with Gasteiger partial charge in [-0.2, -0.15) is 0 Å². The molecule has 13 heteroatoms. The topological polar surface area (TPSA) is 153 Å². The van der Waals surface area contributed by atoms with Gasteiger partial charge in [0.15, 0.2) is 0 Å². The van der Waals surface area contributed by atoms with Gasteiger partial charge in [0.2, 0.25) is 11.8 Å². The summed E-state index contributed by atoms with van der Waals surface area (Å²) >= 11 is 0. The number of alkyl carbamates (subject to hydrolysis) is 1. The first-order valence-electron chi connectivity index (χ1n) is 20.8. The Morgan fingerprint density at radius 2 is 1.64 bits per heavy atom. The summed E-state index contributed by atoms with van der Waals surface area (Å²) < 4.78 is 4.77. The number of benzene rings is 2. The molecule has 312 valence electrons. The number of H-pyrrole nitrogens is 1. The van der Waals surface area contributed by atoms with Gasteiger partial charge >= 0.3 is 6.09 Å². The van der Waals surface area contributed by atoms with Crippen molar-refractivity contribution in [2.24, 2.45) is 17.3 Å². The number of methoxy groups -OCH3 is 1. The van der Waals surface area contributed by atoms with Crippen LogP contribution in [0.5, 0.6) is 0 Å². The van der Waals surface area contributed by atoms with Crippen LogP contribution in [-0.4, -0.2) is 93.4 Å². The summed E-state index contributed by atoms with van der Waals surface area (Å²) in [7, 11) is 1.29. The average Bonchev–Trinajstić information content (AvgIpc) is 3.55. The van der Waals surface area contributed by atoms with Gasteiger partial charge in [-0.15, -0.1) is 0 Å². The first-order valence-corrected chi connectivity index (χ1v) is 20.8. The van der Waals surface area contributed by atoms with E-state index in [-0.39, 0.29) is 53.1 Å². The van der Waals surface area contributed by atoms with E-state index < -0.39 is 12.1 Å². The quantitative estimate of drug-likeness (QED) is 0.149. The highest BCUT2D eigenvalue weighted by atomic mass is 16.5. The van der Waals surface area contributed by atoms with E-state index in [0.29, 0.717) is 30.9 Å². The van der Waals surface area contributed by atoms with Crippen molar-refractivity contribution < 1.29 is 23.9 Å². The van der Waals surface area contributed by atoms with Crippen molar-refractivity contribution in [1.29, 1.82) is 0 Å². The minimum Gasteiger partial charge on any atom is -0.453 e. The predicted octanol–water partition coefficient (Wildman–Crippen LogP) is 7.52. The molecule has 2 aromatic heterocycles. The van der Waals surface area contributed by atoms with Gasteiger partial charge in [0.1, 0.15) is 17.7 Å². The van der Waals surface area contributed by atoms with E-state index in [1.165, 1.54) is 7.11 Å². The van der Waals surface area contributed by atoms with Crippen molar-refractivity contribution in [3.05, 3.63) is 83.4 Å². The number of hydrogen-bond acceptors (Lipinski definition) is 8. The molecule has 0 radical (unpaired) electrons. The lowest BCUT2D eigenvalue weighted by molar-refractivity contribution is -0.136. The van der Waals surface area contributed by atoms with Crippen molar-refractivity contribution in [3.8, 4) is 22.4 Å². The number of nitrogens with one attached hydrogen (secondary N) is 3. The number of imidazole rings is 1. The fraction of sp³-hybridized carbons (Fsp3) is 0.478. The Morgan fingerprint density at radius 3 is 2.27 bits per heavy atom. The first-order chi connectivity index (χ1) is 28.1. The number of ether oxygens (including phenoxy) is 1. The highest BCUT2D eigenvalue weighted by Gasteiger charge is 2.53. The number of aromatic amines is 1. The van der Waals surface area contributed by atoms with Crippen LogP contribution < -0.4 is 15.5 Å². The molecule has 4 amide bonds. The molecule has 3 fully saturated rings. The Labute approximate surface area is 347 Å². The van der Waals surface area contributed by atoms with Crippen LogP contribution >= 0.6 is 0 Å². The van der Waals surface area contributed by atoms with Crippen LogP contribution in [0.15, 0.2) is 60.9 Å². The van der Waals surface area contributed by atoms with Crippen LogP contribution in [0.1, 0.15) is 94.2 Å². The van der Waals surface area contributed by atoms with Crippen LogP contribution in [0.2, 0.25) is 0 Å². The number of aromatic nitrogens is 3. The molecule has 2 saturated heterocycles. The monoisotopic (exact) mass is 802 g/mol. The number of carbonyl (C=O) groups excluding carboxylic acids is 4. The number of pyridine rings is 1. The number of hydrogen-bond donors (Lipinski definition) is 3. The van der Waals surface area contributed by atoms with Crippen molar-refractivity contribution in [1.82, 2.24) is 30.1 Å². The standard InChI is InChI=1S/C46H58N8O5/c1-26(2)40(51-45(58)59-9)44(57)52-18-10-11-38(52)41-48-23-37(50-41)31-12-15-34(27(3)19-31)35-16-14-33(20-28(35)4)49-42(55)32-13-17-39(47-22-32)53-24-30(6)54(25-29(53)5)43(56)36-21-46(36,7)8/h12-17,19-20,22-23,26,29-30,36,38,40H,10-11,18,21,24-25H2,1-9H3,(H,48,50)(H,49,55)(H,51,58)/t29-,30+,36-,38+,40+/m1/s1. The second-order valence-electron chi connectivity index (χ2n) is 17.7. The summed E-state index contributed by atoms with van der Waals surface area (Å²) in [6.07, 6.45) is 5.46. The average molecular weight is 803 g/mol. The lowest BCUT2D eigenvalue weighted by atomic mass is 9.94. The third-order valence-corrected chi connectivity index (χ3v) is 12.5. The number of carbonyl (C=O) groups is 4. The van der Waals surface area contributed by atoms with E-state index in [9.17, 15) is 19.2 Å². The number of aryl methyl sites for hydroxylation is 2. The molecule has 0 unspecified atom stereocenters. The summed E-state index contributed by atoms with van der Waals surface area (Å²) in [5.41, 5.74) is 7.25. The van der Waals surface area contributed by atoms with Crippen LogP contribution in [0.4, 0.5) is 16.3 Å². The van der Waals surface area contributed by atoms with Crippen molar-refractivity contribution in [3.63, 3.8) is 0 Å². The largest absolute Gasteiger partial charge is 0.453 e. The van der Waals surface area contributed by atoms with E-state index in [4.69, 9.17) is 9.72 Å². The lowest BCUT2D eigenvalue weighted by Gasteiger charge is -2.45. The molecule has 1 aliphatic carbocycles. The van der Waals surface area contributed by atoms with Gasteiger partial charge in [-0.05, 0) is 111 Å². The summed E-state index contributed by atoms with van der Waals surface area (Å²) in [6.45, 7) is 18.4. The van der Waals surface area contributed by atoms with E-state index >= 15 is 0 Å². The Balaban J connectivity index is 0.977. The molecule has 2 aliphatic heterocycles. The zero-order valence-electron chi connectivity index (χ0n) is 35.8. The maximum Gasteiger partial charge on any atom is 0.407 e. The van der Waals surface area contributed by atoms with E-state index in [0.717, 1.165) is 64.4 Å². The second kappa shape index (κ2) is 16.5. The number of piperazine rings is 1. The molecule has 4 heterocycles. The third kappa shape index (κ3) is 8.56. The molecular weight excluding hydrogens is 745 g/mol. The zero-order valence-corrected chi connectivity index (χ0v) is 35.8. The summed E-state index contributed by atoms with van der Waals surface area (Å²) in [6, 6.07) is 15.2. The molecule has 0 spiro atoms. The van der Waals surface area contributed by atoms with Gasteiger partial charge in [0.05, 0.1) is 24.4 Å². The molecule has 0 bridgehead atoms. The minimum absolute atomic E-state index is 0.0776. The number of rotatable bonds is 10. The Hall–Kier alpha value is -5.72. The van der Waals surface area contributed by atoms with E-state index in [2.05, 4.69) is 78.3 Å². The molecule has 3 aliphatic rings. The smallest absolute Gasteiger partial charge is 0.407 e. The number of likely N-dealkylation sites (tertiary alicyclic amines) is 1. The third-order valence-electron chi connectivity index (χ3n) is 12.5. The molecule has 59 heavy (non-hydrogen) atoms. The van der Waals surface area contributed by atoms with Gasteiger partial charge < -0.3 is 35.1 Å². The molecule has 13 nitrogen and oxygen atoms in total. The van der Waals surface area contributed by atoms with E-state index in [1.807, 2.05) is 67.1 Å². The maximum atomic E-state index is 13.6. The van der Waals surface area contributed by atoms with Crippen LogP contribution in [0.25, 0.3) is 22.4 Å². The Kier molecular flexibility index (Phi) is 11.6. The van der Waals surface area contributed by atoms with Crippen LogP contribution in [-0.2, 0) is 14.3 Å². The summed E-state index contributed by atoms with van der Waals surface area (Å²) in [5.74, 6) is 1.42. The SMILES string of the molecule is COC(=O)N[C@H](C(=O)N1CCC[C@H]1c1nc(-c2ccc(-c3ccc(NC(=O)c4ccc(N5C[C@H](C)N(C(=O)[C@H]6CC6(C)C)C[C@H]5C)nc4)cc3C)c(C)c2)c[nH]1)C(C)C. The second-order valence-corrected chi connectivity index (χ2v) is 17.7. The number of amides is 4. The Morgan fingerprint density at radius 1 is 0.932 bits per heavy atom. The van der Waals surface area contributed by atoms with Crippen LogP contribution in [0, 0.1) is 31.1 Å². The van der Waals surface area contributed by atoms with Crippen LogP contribution in [0.3, 0.4) is 0 Å². The van der Waals surface area contributed by atoms with Gasteiger partial charge in [-0.25, -0.2) is 14.8 Å². The highest BCUT2D eigenvalue weighted by molar-refractivity contribution is 6.04.